The van der Waals surface area contributed by atoms with Gasteiger partial charge >= 0.3 is 6.18 Å². The van der Waals surface area contributed by atoms with E-state index >= 15 is 0 Å². The van der Waals surface area contributed by atoms with Crippen LogP contribution < -0.4 is 10.9 Å². The van der Waals surface area contributed by atoms with Gasteiger partial charge in [-0.25, -0.2) is 4.39 Å². The Morgan fingerprint density at radius 3 is 2.67 bits per heavy atom. The summed E-state index contributed by atoms with van der Waals surface area (Å²) in [4.78, 5) is 32.1. The van der Waals surface area contributed by atoms with Crippen molar-refractivity contribution in [1.29, 1.82) is 0 Å². The van der Waals surface area contributed by atoms with Gasteiger partial charge in [0.1, 0.15) is 11.5 Å². The minimum absolute atomic E-state index is 0.0104. The van der Waals surface area contributed by atoms with Crippen LogP contribution in [-0.4, -0.2) is 57.2 Å². The standard InChI is InChI=1S/C27H26F4N6O2/c1-36-5-2-16(3-6-36)12-33-25(38)19-8-17(9-20(28)10-19)15-37-7-4-18-11-23(32-13-21(18)26(37)39)22-14-34-35-24(22)27(29,30)31/h4,7-11,13-14,16H,2-3,5-6,12,15H2,1H3,(H,33,38)(H,34,35). The summed E-state index contributed by atoms with van der Waals surface area (Å²) in [5.74, 6) is -0.607. The average Bonchev–Trinajstić information content (AvgIpc) is 3.40. The Labute approximate surface area is 220 Å². The Hall–Kier alpha value is -4.06. The largest absolute Gasteiger partial charge is 0.433 e. The summed E-state index contributed by atoms with van der Waals surface area (Å²) in [6.45, 7) is 2.45. The van der Waals surface area contributed by atoms with Crippen molar-refractivity contribution in [1.82, 2.24) is 30.0 Å². The normalized spacial score (nSPS) is 15.1. The van der Waals surface area contributed by atoms with Crippen LogP contribution in [0.2, 0.25) is 0 Å². The number of H-pyrrole nitrogens is 1. The number of pyridine rings is 2. The average molecular weight is 543 g/mol. The number of carbonyl (C=O) groups excluding carboxylic acids is 1. The number of aromatic amines is 1. The number of rotatable bonds is 6. The molecule has 1 aromatic carbocycles. The quantitative estimate of drug-likeness (QED) is 0.359. The third-order valence-corrected chi connectivity index (χ3v) is 7.02. The van der Waals surface area contributed by atoms with Crippen molar-refractivity contribution < 1.29 is 22.4 Å². The second-order valence-corrected chi connectivity index (χ2v) is 9.87. The maximum atomic E-state index is 14.4. The number of hydrogen-bond acceptors (Lipinski definition) is 5. The lowest BCUT2D eigenvalue weighted by Gasteiger charge is -2.28. The van der Waals surface area contributed by atoms with E-state index < -0.39 is 23.2 Å². The summed E-state index contributed by atoms with van der Waals surface area (Å²) >= 11 is 0. The second-order valence-electron chi connectivity index (χ2n) is 9.87. The summed E-state index contributed by atoms with van der Waals surface area (Å²) in [5, 5.41) is 8.89. The van der Waals surface area contributed by atoms with Crippen LogP contribution >= 0.6 is 0 Å². The number of hydrogen-bond donors (Lipinski definition) is 2. The summed E-state index contributed by atoms with van der Waals surface area (Å²) in [5.41, 5.74) is -1.11. The Kier molecular flexibility index (Phi) is 7.21. The molecule has 1 saturated heterocycles. The van der Waals surface area contributed by atoms with Crippen molar-refractivity contribution in [2.75, 3.05) is 26.7 Å². The highest BCUT2D eigenvalue weighted by molar-refractivity contribution is 5.94. The number of aromatic nitrogens is 4. The summed E-state index contributed by atoms with van der Waals surface area (Å²) in [6, 6.07) is 6.92. The maximum absolute atomic E-state index is 14.4. The van der Waals surface area contributed by atoms with E-state index in [4.69, 9.17) is 0 Å². The zero-order valence-corrected chi connectivity index (χ0v) is 21.1. The van der Waals surface area contributed by atoms with E-state index in [1.807, 2.05) is 5.10 Å². The molecule has 0 spiro atoms. The fourth-order valence-electron chi connectivity index (χ4n) is 4.82. The van der Waals surface area contributed by atoms with Crippen LogP contribution in [0, 0.1) is 11.7 Å². The lowest BCUT2D eigenvalue weighted by molar-refractivity contribution is -0.140. The number of nitrogens with zero attached hydrogens (tertiary/aromatic N) is 4. The highest BCUT2D eigenvalue weighted by Crippen LogP contribution is 2.35. The molecule has 204 valence electrons. The number of fused-ring (bicyclic) bond motifs is 1. The number of alkyl halides is 3. The molecule has 1 aliphatic heterocycles. The first-order valence-corrected chi connectivity index (χ1v) is 12.4. The SMILES string of the molecule is CN1CCC(CNC(=O)c2cc(F)cc(Cn3ccc4cc(-c5cn[nH]c5C(F)(F)F)ncc4c3=O)c2)CC1. The molecule has 2 N–H and O–H groups in total. The van der Waals surface area contributed by atoms with Crippen molar-refractivity contribution in [2.24, 2.45) is 5.92 Å². The number of halogens is 4. The number of likely N-dealkylation sites (tertiary alicyclic amines) is 1. The van der Waals surface area contributed by atoms with Crippen LogP contribution in [0.4, 0.5) is 17.6 Å². The Morgan fingerprint density at radius 1 is 1.15 bits per heavy atom. The van der Waals surface area contributed by atoms with Crippen LogP contribution in [0.25, 0.3) is 22.0 Å². The third kappa shape index (κ3) is 5.85. The number of piperidine rings is 1. The topological polar surface area (TPSA) is 95.9 Å². The van der Waals surface area contributed by atoms with E-state index in [1.54, 1.807) is 12.1 Å². The molecule has 0 saturated carbocycles. The molecule has 0 bridgehead atoms. The van der Waals surface area contributed by atoms with Crippen LogP contribution in [0.5, 0.6) is 0 Å². The Morgan fingerprint density at radius 2 is 1.92 bits per heavy atom. The lowest BCUT2D eigenvalue weighted by atomic mass is 9.97. The van der Waals surface area contributed by atoms with Gasteiger partial charge in [0.15, 0.2) is 0 Å². The van der Waals surface area contributed by atoms with E-state index in [2.05, 4.69) is 27.3 Å². The van der Waals surface area contributed by atoms with Crippen LogP contribution in [0.3, 0.4) is 0 Å². The molecule has 3 aromatic heterocycles. The van der Waals surface area contributed by atoms with Crippen LogP contribution in [0.15, 0.2) is 53.7 Å². The van der Waals surface area contributed by atoms with Crippen molar-refractivity contribution in [3.8, 4) is 11.3 Å². The van der Waals surface area contributed by atoms with Gasteiger partial charge in [0.05, 0.1) is 29.4 Å². The Balaban J connectivity index is 1.34. The van der Waals surface area contributed by atoms with Crippen LogP contribution in [0.1, 0.15) is 34.5 Å². The molecule has 4 heterocycles. The molecule has 0 unspecified atom stereocenters. The highest BCUT2D eigenvalue weighted by atomic mass is 19.4. The third-order valence-electron chi connectivity index (χ3n) is 7.02. The van der Waals surface area contributed by atoms with Gasteiger partial charge in [-0.05, 0) is 80.2 Å². The fourth-order valence-corrected chi connectivity index (χ4v) is 4.82. The van der Waals surface area contributed by atoms with Gasteiger partial charge in [-0.1, -0.05) is 0 Å². The van der Waals surface area contributed by atoms with E-state index in [0.29, 0.717) is 23.4 Å². The molecule has 39 heavy (non-hydrogen) atoms. The first-order valence-electron chi connectivity index (χ1n) is 12.4. The van der Waals surface area contributed by atoms with Crippen molar-refractivity contribution in [2.45, 2.75) is 25.6 Å². The number of nitrogens with one attached hydrogen (secondary N) is 2. The minimum Gasteiger partial charge on any atom is -0.352 e. The zero-order valence-electron chi connectivity index (χ0n) is 21.1. The molecule has 5 rings (SSSR count). The van der Waals surface area contributed by atoms with Gasteiger partial charge in [-0.15, -0.1) is 0 Å². The van der Waals surface area contributed by atoms with E-state index in [1.165, 1.54) is 29.1 Å². The van der Waals surface area contributed by atoms with Crippen molar-refractivity contribution >= 4 is 16.7 Å². The summed E-state index contributed by atoms with van der Waals surface area (Å²) in [6.07, 6.45) is 1.04. The number of amides is 1. The van der Waals surface area contributed by atoms with Gasteiger partial charge in [0.2, 0.25) is 0 Å². The van der Waals surface area contributed by atoms with Crippen LogP contribution in [-0.2, 0) is 12.7 Å². The number of benzene rings is 1. The molecule has 12 heteroatoms. The van der Waals surface area contributed by atoms with E-state index in [0.717, 1.165) is 38.2 Å². The van der Waals surface area contributed by atoms with Gasteiger partial charge in [-0.2, -0.15) is 18.3 Å². The first kappa shape index (κ1) is 26.5. The summed E-state index contributed by atoms with van der Waals surface area (Å²) in [7, 11) is 2.06. The summed E-state index contributed by atoms with van der Waals surface area (Å²) < 4.78 is 55.5. The molecule has 1 amide bonds. The zero-order chi connectivity index (χ0) is 27.7. The predicted molar refractivity (Wildman–Crippen MR) is 137 cm³/mol. The Bertz CT molecular complexity index is 1570. The molecule has 0 aliphatic carbocycles. The molecule has 8 nitrogen and oxygen atoms in total. The van der Waals surface area contributed by atoms with Gasteiger partial charge in [-0.3, -0.25) is 19.7 Å². The fraction of sp³-hybridized carbons (Fsp3) is 0.333. The smallest absolute Gasteiger partial charge is 0.352 e. The minimum atomic E-state index is -4.64. The maximum Gasteiger partial charge on any atom is 0.433 e. The molecule has 4 aromatic rings. The molecule has 1 fully saturated rings. The van der Waals surface area contributed by atoms with E-state index in [9.17, 15) is 27.2 Å². The number of carbonyl (C=O) groups is 1. The molecule has 0 atom stereocenters. The highest BCUT2D eigenvalue weighted by Gasteiger charge is 2.36. The van der Waals surface area contributed by atoms with Gasteiger partial charge in [0, 0.05) is 24.5 Å². The molecular weight excluding hydrogens is 516 g/mol. The van der Waals surface area contributed by atoms with Gasteiger partial charge < -0.3 is 14.8 Å². The van der Waals surface area contributed by atoms with E-state index in [-0.39, 0.29) is 34.7 Å². The molecule has 1 aliphatic rings. The monoisotopic (exact) mass is 542 g/mol. The lowest BCUT2D eigenvalue weighted by Crippen LogP contribution is -2.36. The van der Waals surface area contributed by atoms with Crippen molar-refractivity contribution in [3.63, 3.8) is 0 Å². The molecular formula is C27H26F4N6O2. The second kappa shape index (κ2) is 10.6. The molecule has 0 radical (unpaired) electrons. The van der Waals surface area contributed by atoms with Crippen molar-refractivity contribution in [3.05, 3.63) is 81.9 Å². The van der Waals surface area contributed by atoms with Gasteiger partial charge in [0.25, 0.3) is 11.5 Å². The first-order chi connectivity index (χ1) is 18.6. The predicted octanol–water partition coefficient (Wildman–Crippen LogP) is 4.06.